The van der Waals surface area contributed by atoms with Crippen molar-refractivity contribution in [3.05, 3.63) is 77.8 Å². The quantitative estimate of drug-likeness (QED) is 0.285. The first kappa shape index (κ1) is 15.5. The Hall–Kier alpha value is -3.57. The fraction of sp³-hybridized carbons (Fsp3) is 0. The molecule has 0 N–H and O–H groups in total. The van der Waals surface area contributed by atoms with Gasteiger partial charge in [0.15, 0.2) is 0 Å². The van der Waals surface area contributed by atoms with Crippen LogP contribution in [-0.4, -0.2) is 25.0 Å². The van der Waals surface area contributed by atoms with E-state index in [0.29, 0.717) is 10.5 Å². The maximum atomic E-state index is 6.37. The van der Waals surface area contributed by atoms with Crippen molar-refractivity contribution in [2.75, 3.05) is 0 Å². The number of para-hydroxylation sites is 3. The second-order valence-electron chi connectivity index (χ2n) is 6.59. The van der Waals surface area contributed by atoms with Gasteiger partial charge in [-0.3, -0.25) is 0 Å². The van der Waals surface area contributed by atoms with Crippen LogP contribution >= 0.6 is 11.6 Å². The van der Waals surface area contributed by atoms with Crippen molar-refractivity contribution in [2.24, 2.45) is 0 Å². The number of hydrogen-bond acceptors (Lipinski definition) is 4. The number of fused-ring (bicyclic) bond motifs is 7. The Bertz CT molecular complexity index is 1540. The third-order valence-electron chi connectivity index (χ3n) is 4.91. The van der Waals surface area contributed by atoms with Crippen LogP contribution < -0.4 is 0 Å². The third-order valence-corrected chi connectivity index (χ3v) is 5.23. The minimum atomic E-state index is 0.591. The molecule has 6 rings (SSSR count). The van der Waals surface area contributed by atoms with Crippen LogP contribution in [0.3, 0.4) is 0 Å². The zero-order valence-corrected chi connectivity index (χ0v) is 15.3. The van der Waals surface area contributed by atoms with E-state index < -0.39 is 0 Å². The summed E-state index contributed by atoms with van der Waals surface area (Å²) in [6.07, 6.45) is 0. The van der Waals surface area contributed by atoms with Crippen LogP contribution in [0, 0.1) is 0 Å². The summed E-state index contributed by atoms with van der Waals surface area (Å²) >= 11 is 6.37. The Morgan fingerprint density at radius 2 is 1.14 bits per heavy atom. The predicted molar refractivity (Wildman–Crippen MR) is 112 cm³/mol. The molecular weight excluding hydrogens is 370 g/mol. The lowest BCUT2D eigenvalue weighted by Gasteiger charge is -2.05. The highest BCUT2D eigenvalue weighted by Crippen LogP contribution is 2.33. The van der Waals surface area contributed by atoms with Crippen LogP contribution in [0.5, 0.6) is 0 Å². The van der Waals surface area contributed by atoms with Gasteiger partial charge < -0.3 is 0 Å². The molecule has 0 aliphatic carbocycles. The molecule has 0 bridgehead atoms. The van der Waals surface area contributed by atoms with Gasteiger partial charge in [0.1, 0.15) is 22.2 Å². The van der Waals surface area contributed by atoms with E-state index in [9.17, 15) is 0 Å². The zero-order chi connectivity index (χ0) is 18.7. The number of hydrogen-bond donors (Lipinski definition) is 0. The second kappa shape index (κ2) is 5.71. The van der Waals surface area contributed by atoms with Gasteiger partial charge in [0.05, 0.1) is 21.6 Å². The van der Waals surface area contributed by atoms with E-state index in [2.05, 4.69) is 6.07 Å². The number of nitrogens with zero attached hydrogens (tertiary/aromatic N) is 5. The third kappa shape index (κ3) is 2.14. The largest absolute Gasteiger partial charge is 0.244 e. The first-order valence-electron chi connectivity index (χ1n) is 8.89. The van der Waals surface area contributed by atoms with E-state index in [1.165, 1.54) is 0 Å². The normalized spacial score (nSPS) is 11.8. The van der Waals surface area contributed by atoms with Crippen LogP contribution in [0.25, 0.3) is 49.6 Å². The minimum absolute atomic E-state index is 0.591. The molecule has 4 aromatic carbocycles. The van der Waals surface area contributed by atoms with E-state index in [1.807, 2.05) is 66.7 Å². The van der Waals surface area contributed by atoms with Crippen molar-refractivity contribution in [1.29, 1.82) is 0 Å². The van der Waals surface area contributed by atoms with E-state index >= 15 is 0 Å². The number of halogens is 1. The van der Waals surface area contributed by atoms with Gasteiger partial charge in [0.2, 0.25) is 0 Å². The highest BCUT2D eigenvalue weighted by molar-refractivity contribution is 6.32. The average Bonchev–Trinajstić information content (AvgIpc) is 3.19. The molecule has 6 aromatic rings. The molecule has 132 valence electrons. The van der Waals surface area contributed by atoms with Crippen LogP contribution in [0.15, 0.2) is 72.8 Å². The molecule has 0 saturated carbocycles. The van der Waals surface area contributed by atoms with E-state index in [1.54, 1.807) is 4.80 Å². The standard InChI is InChI=1S/C22H12ClN5/c23-15-9-3-6-12-18(15)28-26-20-14-8-2-1-7-13(14)19-21(22(20)27-28)25-17-11-5-4-10-16(17)24-19/h1-12H. The molecule has 0 spiro atoms. The van der Waals surface area contributed by atoms with Crippen molar-refractivity contribution >= 4 is 55.5 Å². The fourth-order valence-corrected chi connectivity index (χ4v) is 3.83. The van der Waals surface area contributed by atoms with Gasteiger partial charge >= 0.3 is 0 Å². The molecule has 0 fully saturated rings. The van der Waals surface area contributed by atoms with Crippen LogP contribution in [-0.2, 0) is 0 Å². The fourth-order valence-electron chi connectivity index (χ4n) is 3.62. The molecular formula is C22H12ClN5. The van der Waals surface area contributed by atoms with Gasteiger partial charge in [-0.15, -0.1) is 15.0 Å². The van der Waals surface area contributed by atoms with Crippen molar-refractivity contribution < 1.29 is 0 Å². The molecule has 0 atom stereocenters. The maximum absolute atomic E-state index is 6.37. The van der Waals surface area contributed by atoms with Gasteiger partial charge in [-0.05, 0) is 24.3 Å². The first-order chi connectivity index (χ1) is 13.8. The van der Waals surface area contributed by atoms with Crippen molar-refractivity contribution in [1.82, 2.24) is 25.0 Å². The summed E-state index contributed by atoms with van der Waals surface area (Å²) in [6, 6.07) is 23.5. The SMILES string of the molecule is Clc1ccccc1-n1nc2c3ccccc3c3nc4ccccc4nc3c2n1. The lowest BCUT2D eigenvalue weighted by Crippen LogP contribution is -1.98. The summed E-state index contributed by atoms with van der Waals surface area (Å²) in [4.78, 5) is 11.3. The van der Waals surface area contributed by atoms with Gasteiger partial charge in [-0.2, -0.15) is 0 Å². The smallest absolute Gasteiger partial charge is 0.142 e. The van der Waals surface area contributed by atoms with Crippen LogP contribution in [0.2, 0.25) is 5.02 Å². The Morgan fingerprint density at radius 3 is 1.89 bits per heavy atom. The summed E-state index contributed by atoms with van der Waals surface area (Å²) in [5.74, 6) is 0. The number of benzene rings is 4. The summed E-state index contributed by atoms with van der Waals surface area (Å²) in [5.41, 5.74) is 5.49. The Labute approximate surface area is 164 Å². The summed E-state index contributed by atoms with van der Waals surface area (Å²) < 4.78 is 0. The Kier molecular flexibility index (Phi) is 3.16. The average molecular weight is 382 g/mol. The first-order valence-corrected chi connectivity index (χ1v) is 9.26. The molecule has 0 amide bonds. The van der Waals surface area contributed by atoms with Crippen LogP contribution in [0.4, 0.5) is 0 Å². The lowest BCUT2D eigenvalue weighted by molar-refractivity contribution is 0.767. The van der Waals surface area contributed by atoms with E-state index in [-0.39, 0.29) is 0 Å². The van der Waals surface area contributed by atoms with Crippen molar-refractivity contribution in [2.45, 2.75) is 0 Å². The number of rotatable bonds is 1. The molecule has 0 unspecified atom stereocenters. The highest BCUT2D eigenvalue weighted by atomic mass is 35.5. The maximum Gasteiger partial charge on any atom is 0.142 e. The molecule has 28 heavy (non-hydrogen) atoms. The van der Waals surface area contributed by atoms with Gasteiger partial charge in [-0.25, -0.2) is 9.97 Å². The van der Waals surface area contributed by atoms with Crippen LogP contribution in [0.1, 0.15) is 0 Å². The molecule has 6 heteroatoms. The van der Waals surface area contributed by atoms with E-state index in [4.69, 9.17) is 31.8 Å². The number of aromatic nitrogens is 5. The Morgan fingerprint density at radius 1 is 0.571 bits per heavy atom. The monoisotopic (exact) mass is 381 g/mol. The summed E-state index contributed by atoms with van der Waals surface area (Å²) in [5, 5.41) is 12.1. The van der Waals surface area contributed by atoms with Gasteiger partial charge in [0.25, 0.3) is 0 Å². The minimum Gasteiger partial charge on any atom is -0.244 e. The summed E-state index contributed by atoms with van der Waals surface area (Å²) in [7, 11) is 0. The Balaban J connectivity index is 1.83. The summed E-state index contributed by atoms with van der Waals surface area (Å²) in [6.45, 7) is 0. The van der Waals surface area contributed by atoms with Gasteiger partial charge in [0, 0.05) is 10.8 Å². The molecule has 0 aliphatic rings. The predicted octanol–water partition coefficient (Wildman–Crippen LogP) is 5.32. The lowest BCUT2D eigenvalue weighted by atomic mass is 10.1. The molecule has 0 saturated heterocycles. The topological polar surface area (TPSA) is 56.5 Å². The molecule has 2 heterocycles. The zero-order valence-electron chi connectivity index (χ0n) is 14.5. The van der Waals surface area contributed by atoms with Gasteiger partial charge in [-0.1, -0.05) is 60.1 Å². The molecule has 2 aromatic heterocycles. The highest BCUT2D eigenvalue weighted by Gasteiger charge is 2.17. The van der Waals surface area contributed by atoms with E-state index in [0.717, 1.165) is 44.0 Å². The van der Waals surface area contributed by atoms with Crippen molar-refractivity contribution in [3.8, 4) is 5.69 Å². The van der Waals surface area contributed by atoms with Crippen molar-refractivity contribution in [3.63, 3.8) is 0 Å². The second-order valence-corrected chi connectivity index (χ2v) is 7.00. The molecule has 5 nitrogen and oxygen atoms in total. The molecule has 0 radical (unpaired) electrons. The molecule has 0 aliphatic heterocycles.